The average Bonchev–Trinajstić information content (AvgIpc) is 2.30. The lowest BCUT2D eigenvalue weighted by molar-refractivity contribution is 0.0452. The normalized spacial score (nSPS) is 20.3. The van der Waals surface area contributed by atoms with E-state index in [0.29, 0.717) is 13.0 Å². The number of nitrogens with zero attached hydrogens (tertiary/aromatic N) is 1. The van der Waals surface area contributed by atoms with Crippen molar-refractivity contribution in [3.05, 3.63) is 28.2 Å². The molecule has 1 heterocycles. The van der Waals surface area contributed by atoms with Crippen LogP contribution in [0.15, 0.2) is 22.7 Å². The maximum atomic E-state index is 11.8. The smallest absolute Gasteiger partial charge is 0.414 e. The number of halogens is 1. The Morgan fingerprint density at radius 1 is 1.59 bits per heavy atom. The van der Waals surface area contributed by atoms with Crippen molar-refractivity contribution >= 4 is 27.7 Å². The Balaban J connectivity index is 2.20. The molecule has 1 aromatic rings. The average molecular weight is 300 g/mol. The van der Waals surface area contributed by atoms with Gasteiger partial charge in [-0.2, -0.15) is 0 Å². The third kappa shape index (κ3) is 2.61. The molecule has 0 aromatic heterocycles. The fourth-order valence-corrected chi connectivity index (χ4v) is 2.37. The highest BCUT2D eigenvalue weighted by atomic mass is 79.9. The molecule has 1 unspecified atom stereocenters. The van der Waals surface area contributed by atoms with Crippen LogP contribution in [0.1, 0.15) is 12.0 Å². The Morgan fingerprint density at radius 3 is 2.94 bits per heavy atom. The van der Waals surface area contributed by atoms with Gasteiger partial charge in [0.05, 0.1) is 12.3 Å². The standard InChI is InChI=1S/C12H14BrNO3/c1-8-6-9(13)2-3-11(8)14-5-4-10(7-15)17-12(14)16/h2-3,6,10,15H,4-5,7H2,1H3. The molecule has 0 aliphatic carbocycles. The highest BCUT2D eigenvalue weighted by molar-refractivity contribution is 9.10. The van der Waals surface area contributed by atoms with Crippen molar-refractivity contribution in [1.82, 2.24) is 0 Å². The number of hydrogen-bond acceptors (Lipinski definition) is 3. The quantitative estimate of drug-likeness (QED) is 0.913. The Morgan fingerprint density at radius 2 is 2.35 bits per heavy atom. The van der Waals surface area contributed by atoms with Crippen LogP contribution >= 0.6 is 15.9 Å². The van der Waals surface area contributed by atoms with Crippen LogP contribution < -0.4 is 4.90 Å². The number of aryl methyl sites for hydroxylation is 1. The van der Waals surface area contributed by atoms with Gasteiger partial charge in [0.2, 0.25) is 0 Å². The Labute approximate surface area is 108 Å². The summed E-state index contributed by atoms with van der Waals surface area (Å²) in [6.45, 7) is 2.41. The third-order valence-corrected chi connectivity index (χ3v) is 3.31. The molecule has 1 atom stereocenters. The van der Waals surface area contributed by atoms with Crippen LogP contribution in [-0.4, -0.2) is 30.5 Å². The Bertz CT molecular complexity index is 436. The molecule has 0 bridgehead atoms. The van der Waals surface area contributed by atoms with Gasteiger partial charge in [-0.15, -0.1) is 0 Å². The first-order valence-electron chi connectivity index (χ1n) is 5.47. The summed E-state index contributed by atoms with van der Waals surface area (Å²) in [6.07, 6.45) is -0.104. The SMILES string of the molecule is Cc1cc(Br)ccc1N1CCC(CO)OC1=O. The van der Waals surface area contributed by atoms with E-state index in [2.05, 4.69) is 15.9 Å². The predicted molar refractivity (Wildman–Crippen MR) is 68.2 cm³/mol. The van der Waals surface area contributed by atoms with Crippen molar-refractivity contribution in [2.45, 2.75) is 19.4 Å². The molecule has 0 spiro atoms. The van der Waals surface area contributed by atoms with E-state index in [0.717, 1.165) is 15.7 Å². The summed E-state index contributed by atoms with van der Waals surface area (Å²) in [4.78, 5) is 13.4. The van der Waals surface area contributed by atoms with E-state index in [9.17, 15) is 4.79 Å². The predicted octanol–water partition coefficient (Wildman–Crippen LogP) is 2.47. The van der Waals surface area contributed by atoms with Gasteiger partial charge in [0.1, 0.15) is 6.10 Å². The van der Waals surface area contributed by atoms with E-state index in [-0.39, 0.29) is 18.8 Å². The van der Waals surface area contributed by atoms with Crippen molar-refractivity contribution in [2.75, 3.05) is 18.1 Å². The summed E-state index contributed by atoms with van der Waals surface area (Å²) in [7, 11) is 0. The van der Waals surface area contributed by atoms with Crippen LogP contribution in [0, 0.1) is 6.92 Å². The van der Waals surface area contributed by atoms with Gasteiger partial charge in [-0.3, -0.25) is 4.90 Å². The molecule has 1 amide bonds. The zero-order chi connectivity index (χ0) is 12.4. The zero-order valence-corrected chi connectivity index (χ0v) is 11.1. The molecule has 5 heteroatoms. The van der Waals surface area contributed by atoms with Crippen molar-refractivity contribution in [1.29, 1.82) is 0 Å². The largest absolute Gasteiger partial charge is 0.443 e. The maximum Gasteiger partial charge on any atom is 0.414 e. The molecule has 0 radical (unpaired) electrons. The molecule has 1 saturated heterocycles. The number of anilines is 1. The summed E-state index contributed by atoms with van der Waals surface area (Å²) < 4.78 is 6.10. The molecule has 1 fully saturated rings. The van der Waals surface area contributed by atoms with Crippen molar-refractivity contribution in [3.8, 4) is 0 Å². The van der Waals surface area contributed by atoms with Gasteiger partial charge in [0, 0.05) is 17.4 Å². The van der Waals surface area contributed by atoms with Gasteiger partial charge in [-0.1, -0.05) is 15.9 Å². The summed E-state index contributed by atoms with van der Waals surface area (Å²) in [5.74, 6) is 0. The number of hydrogen-bond donors (Lipinski definition) is 1. The minimum atomic E-state index is -0.388. The second kappa shape index (κ2) is 5.06. The van der Waals surface area contributed by atoms with E-state index in [1.807, 2.05) is 25.1 Å². The van der Waals surface area contributed by atoms with Gasteiger partial charge in [-0.25, -0.2) is 4.79 Å². The van der Waals surface area contributed by atoms with Crippen LogP contribution in [0.2, 0.25) is 0 Å². The van der Waals surface area contributed by atoms with E-state index in [4.69, 9.17) is 9.84 Å². The topological polar surface area (TPSA) is 49.8 Å². The monoisotopic (exact) mass is 299 g/mol. The van der Waals surface area contributed by atoms with Gasteiger partial charge in [0.15, 0.2) is 0 Å². The Kier molecular flexibility index (Phi) is 3.69. The second-order valence-electron chi connectivity index (χ2n) is 4.06. The molecule has 17 heavy (non-hydrogen) atoms. The molecule has 1 aromatic carbocycles. The highest BCUT2D eigenvalue weighted by Gasteiger charge is 2.28. The number of carbonyl (C=O) groups is 1. The zero-order valence-electron chi connectivity index (χ0n) is 9.52. The lowest BCUT2D eigenvalue weighted by Crippen LogP contribution is -2.43. The first kappa shape index (κ1) is 12.4. The van der Waals surface area contributed by atoms with Crippen LogP contribution in [0.4, 0.5) is 10.5 Å². The number of rotatable bonds is 2. The van der Waals surface area contributed by atoms with E-state index in [1.54, 1.807) is 4.90 Å². The number of aliphatic hydroxyl groups excluding tert-OH is 1. The molecule has 2 rings (SSSR count). The van der Waals surface area contributed by atoms with Crippen molar-refractivity contribution in [2.24, 2.45) is 0 Å². The van der Waals surface area contributed by atoms with E-state index < -0.39 is 0 Å². The van der Waals surface area contributed by atoms with Crippen LogP contribution in [0.25, 0.3) is 0 Å². The summed E-state index contributed by atoms with van der Waals surface area (Å²) >= 11 is 3.39. The number of cyclic esters (lactones) is 1. The Hall–Kier alpha value is -1.07. The molecular weight excluding hydrogens is 286 g/mol. The summed E-state index contributed by atoms with van der Waals surface area (Å²) in [5, 5.41) is 8.95. The minimum absolute atomic E-state index is 0.112. The van der Waals surface area contributed by atoms with Crippen molar-refractivity contribution in [3.63, 3.8) is 0 Å². The van der Waals surface area contributed by atoms with Crippen LogP contribution in [-0.2, 0) is 4.74 Å². The lowest BCUT2D eigenvalue weighted by atomic mass is 10.1. The fraction of sp³-hybridized carbons (Fsp3) is 0.417. The molecule has 4 nitrogen and oxygen atoms in total. The number of ether oxygens (including phenoxy) is 1. The fourth-order valence-electron chi connectivity index (χ4n) is 1.90. The molecule has 92 valence electrons. The van der Waals surface area contributed by atoms with Gasteiger partial charge in [0.25, 0.3) is 0 Å². The van der Waals surface area contributed by atoms with E-state index >= 15 is 0 Å². The van der Waals surface area contributed by atoms with Gasteiger partial charge < -0.3 is 9.84 Å². The first-order valence-corrected chi connectivity index (χ1v) is 6.26. The number of amides is 1. The maximum absolute atomic E-state index is 11.8. The third-order valence-electron chi connectivity index (χ3n) is 2.82. The van der Waals surface area contributed by atoms with Gasteiger partial charge in [-0.05, 0) is 30.7 Å². The molecule has 1 aliphatic heterocycles. The number of aliphatic hydroxyl groups is 1. The van der Waals surface area contributed by atoms with E-state index in [1.165, 1.54) is 0 Å². The molecule has 1 aliphatic rings. The van der Waals surface area contributed by atoms with Gasteiger partial charge >= 0.3 is 6.09 Å². The lowest BCUT2D eigenvalue weighted by Gasteiger charge is -2.31. The van der Waals surface area contributed by atoms with Crippen LogP contribution in [0.5, 0.6) is 0 Å². The molecular formula is C12H14BrNO3. The number of carbonyl (C=O) groups excluding carboxylic acids is 1. The molecule has 0 saturated carbocycles. The van der Waals surface area contributed by atoms with Crippen molar-refractivity contribution < 1.29 is 14.6 Å². The highest BCUT2D eigenvalue weighted by Crippen LogP contribution is 2.27. The summed E-state index contributed by atoms with van der Waals surface area (Å²) in [5.41, 5.74) is 1.87. The minimum Gasteiger partial charge on any atom is -0.443 e. The summed E-state index contributed by atoms with van der Waals surface area (Å²) in [6, 6.07) is 5.74. The second-order valence-corrected chi connectivity index (χ2v) is 4.98. The molecule has 1 N–H and O–H groups in total. The first-order chi connectivity index (χ1) is 8.11. The van der Waals surface area contributed by atoms with Crippen LogP contribution in [0.3, 0.4) is 0 Å². The number of benzene rings is 1.